The number of aromatic nitrogens is 2. The molecule has 2 aliphatic heterocycles. The summed E-state index contributed by atoms with van der Waals surface area (Å²) in [7, 11) is 0. The number of carbonyl (C=O) groups excluding carboxylic acids is 1. The van der Waals surface area contributed by atoms with E-state index in [0.717, 1.165) is 74.0 Å². The summed E-state index contributed by atoms with van der Waals surface area (Å²) in [6, 6.07) is 8.58. The summed E-state index contributed by atoms with van der Waals surface area (Å²) < 4.78 is 0. The fraction of sp³-hybridized carbons (Fsp3) is 0.542. The summed E-state index contributed by atoms with van der Waals surface area (Å²) in [5.74, 6) is 1.99. The van der Waals surface area contributed by atoms with Crippen LogP contribution in [0.4, 0.5) is 11.6 Å². The van der Waals surface area contributed by atoms with E-state index < -0.39 is 0 Å². The topological polar surface area (TPSA) is 61.4 Å². The van der Waals surface area contributed by atoms with Gasteiger partial charge in [-0.2, -0.15) is 0 Å². The van der Waals surface area contributed by atoms with Crippen molar-refractivity contribution in [2.24, 2.45) is 0 Å². The normalized spacial score (nSPS) is 17.0. The Hall–Kier alpha value is -2.47. The molecule has 30 heavy (non-hydrogen) atoms. The van der Waals surface area contributed by atoms with Gasteiger partial charge in [-0.3, -0.25) is 9.69 Å². The number of anilines is 2. The van der Waals surface area contributed by atoms with E-state index in [1.807, 2.05) is 0 Å². The van der Waals surface area contributed by atoms with E-state index in [1.165, 1.54) is 24.9 Å². The molecule has 0 saturated carbocycles. The minimum atomic E-state index is 0.0839. The molecule has 4 rings (SSSR count). The lowest BCUT2D eigenvalue weighted by atomic mass is 10.0. The van der Waals surface area contributed by atoms with Gasteiger partial charge in [-0.15, -0.1) is 0 Å². The largest absolute Gasteiger partial charge is 0.354 e. The molecule has 4 heterocycles. The number of pyridine rings is 2. The Morgan fingerprint density at radius 1 is 0.967 bits per heavy atom. The zero-order valence-electron chi connectivity index (χ0n) is 18.3. The third kappa shape index (κ3) is 5.36. The molecule has 2 aromatic rings. The molecule has 0 radical (unpaired) electrons. The smallest absolute Gasteiger partial charge is 0.225 e. The number of amides is 1. The molecular weight excluding hydrogens is 374 g/mol. The van der Waals surface area contributed by atoms with Crippen molar-refractivity contribution >= 4 is 17.5 Å². The van der Waals surface area contributed by atoms with E-state index in [0.29, 0.717) is 6.42 Å². The molecule has 1 N–H and O–H groups in total. The lowest BCUT2D eigenvalue weighted by Crippen LogP contribution is -2.47. The maximum atomic E-state index is 11.6. The third-order valence-electron chi connectivity index (χ3n) is 6.10. The summed E-state index contributed by atoms with van der Waals surface area (Å²) in [5.41, 5.74) is 4.64. The molecule has 2 aromatic heterocycles. The van der Waals surface area contributed by atoms with Gasteiger partial charge in [-0.25, -0.2) is 9.97 Å². The molecule has 0 atom stereocenters. The second-order valence-electron chi connectivity index (χ2n) is 8.64. The van der Waals surface area contributed by atoms with E-state index >= 15 is 0 Å². The average Bonchev–Trinajstić information content (AvgIpc) is 2.73. The van der Waals surface area contributed by atoms with Gasteiger partial charge >= 0.3 is 0 Å². The monoisotopic (exact) mass is 407 g/mol. The highest BCUT2D eigenvalue weighted by atomic mass is 16.1. The van der Waals surface area contributed by atoms with E-state index in [9.17, 15) is 4.79 Å². The van der Waals surface area contributed by atoms with Crippen molar-refractivity contribution in [1.29, 1.82) is 0 Å². The van der Waals surface area contributed by atoms with Crippen LogP contribution in [0.2, 0.25) is 0 Å². The van der Waals surface area contributed by atoms with Gasteiger partial charge in [0, 0.05) is 44.0 Å². The van der Waals surface area contributed by atoms with Crippen molar-refractivity contribution in [3.8, 4) is 0 Å². The summed E-state index contributed by atoms with van der Waals surface area (Å²) in [6.45, 7) is 9.72. The Bertz CT molecular complexity index is 869. The molecule has 160 valence electrons. The molecule has 1 fully saturated rings. The SMILES string of the molecule is Cc1cc(C)nc(N2CCN(CCCCCc3ccc4c(n3)NC(=O)CC4)CC2)c1. The Morgan fingerprint density at radius 2 is 1.80 bits per heavy atom. The zero-order chi connectivity index (χ0) is 20.9. The Labute approximate surface area is 179 Å². The predicted molar refractivity (Wildman–Crippen MR) is 121 cm³/mol. The predicted octanol–water partition coefficient (Wildman–Crippen LogP) is 3.51. The number of rotatable bonds is 7. The van der Waals surface area contributed by atoms with Crippen LogP contribution >= 0.6 is 0 Å². The number of hydrogen-bond donors (Lipinski definition) is 1. The standard InChI is InChI=1S/C24H33N5O/c1-18-16-19(2)25-22(17-18)29-14-12-28(13-15-29)11-5-3-4-6-21-9-7-20-8-10-23(30)27-24(20)26-21/h7,9,16-17H,3-6,8,10-15H2,1-2H3,(H,26,27,30). The first-order valence-corrected chi connectivity index (χ1v) is 11.3. The van der Waals surface area contributed by atoms with Crippen molar-refractivity contribution in [2.45, 2.75) is 52.4 Å². The molecular formula is C24H33N5O. The minimum Gasteiger partial charge on any atom is -0.354 e. The van der Waals surface area contributed by atoms with Crippen LogP contribution in [0.15, 0.2) is 24.3 Å². The molecule has 6 nitrogen and oxygen atoms in total. The van der Waals surface area contributed by atoms with Crippen LogP contribution in [0.5, 0.6) is 0 Å². The second-order valence-corrected chi connectivity index (χ2v) is 8.64. The van der Waals surface area contributed by atoms with Crippen LogP contribution in [-0.2, 0) is 17.6 Å². The first-order chi connectivity index (χ1) is 14.6. The van der Waals surface area contributed by atoms with Gasteiger partial charge in [-0.1, -0.05) is 12.5 Å². The maximum absolute atomic E-state index is 11.6. The average molecular weight is 408 g/mol. The molecule has 0 unspecified atom stereocenters. The number of nitrogens with one attached hydrogen (secondary N) is 1. The molecule has 2 aliphatic rings. The number of hydrogen-bond acceptors (Lipinski definition) is 5. The van der Waals surface area contributed by atoms with Crippen LogP contribution in [0.3, 0.4) is 0 Å². The van der Waals surface area contributed by atoms with E-state index in [1.54, 1.807) is 0 Å². The van der Waals surface area contributed by atoms with Crippen molar-refractivity contribution in [3.05, 3.63) is 46.8 Å². The summed E-state index contributed by atoms with van der Waals surface area (Å²) in [5, 5.41) is 2.90. The van der Waals surface area contributed by atoms with Crippen molar-refractivity contribution in [2.75, 3.05) is 42.9 Å². The first kappa shape index (κ1) is 20.8. The Balaban J connectivity index is 1.15. The second kappa shape index (κ2) is 9.56. The quantitative estimate of drug-likeness (QED) is 0.712. The zero-order valence-corrected chi connectivity index (χ0v) is 18.3. The number of unbranched alkanes of at least 4 members (excludes halogenated alkanes) is 2. The number of fused-ring (bicyclic) bond motifs is 1. The fourth-order valence-electron chi connectivity index (χ4n) is 4.42. The van der Waals surface area contributed by atoms with Gasteiger partial charge < -0.3 is 10.2 Å². The molecule has 6 heteroatoms. The lowest BCUT2D eigenvalue weighted by molar-refractivity contribution is -0.116. The first-order valence-electron chi connectivity index (χ1n) is 11.3. The van der Waals surface area contributed by atoms with E-state index in [-0.39, 0.29) is 5.91 Å². The number of nitrogens with zero attached hydrogens (tertiary/aromatic N) is 4. The van der Waals surface area contributed by atoms with E-state index in [2.05, 4.69) is 58.2 Å². The number of piperazine rings is 1. The molecule has 0 bridgehead atoms. The van der Waals surface area contributed by atoms with Crippen LogP contribution in [-0.4, -0.2) is 53.5 Å². The Kier molecular flexibility index (Phi) is 6.62. The van der Waals surface area contributed by atoms with Gasteiger partial charge in [0.1, 0.15) is 11.6 Å². The third-order valence-corrected chi connectivity index (χ3v) is 6.10. The molecule has 1 amide bonds. The molecule has 0 aromatic carbocycles. The van der Waals surface area contributed by atoms with Crippen molar-refractivity contribution in [1.82, 2.24) is 14.9 Å². The number of aryl methyl sites for hydroxylation is 4. The summed E-state index contributed by atoms with van der Waals surface area (Å²) in [4.78, 5) is 25.9. The van der Waals surface area contributed by atoms with Crippen LogP contribution in [0, 0.1) is 13.8 Å². The summed E-state index contributed by atoms with van der Waals surface area (Å²) >= 11 is 0. The highest BCUT2D eigenvalue weighted by Crippen LogP contribution is 2.21. The van der Waals surface area contributed by atoms with Crippen LogP contribution in [0.1, 0.15) is 48.2 Å². The van der Waals surface area contributed by atoms with E-state index in [4.69, 9.17) is 4.98 Å². The molecule has 0 aliphatic carbocycles. The maximum Gasteiger partial charge on any atom is 0.225 e. The van der Waals surface area contributed by atoms with Gasteiger partial charge in [-0.05, 0) is 75.4 Å². The molecule has 1 saturated heterocycles. The van der Waals surface area contributed by atoms with Crippen LogP contribution < -0.4 is 10.2 Å². The minimum absolute atomic E-state index is 0.0839. The highest BCUT2D eigenvalue weighted by molar-refractivity contribution is 5.92. The number of carbonyl (C=O) groups is 1. The molecule has 0 spiro atoms. The van der Waals surface area contributed by atoms with Crippen LogP contribution in [0.25, 0.3) is 0 Å². The fourth-order valence-corrected chi connectivity index (χ4v) is 4.42. The van der Waals surface area contributed by atoms with Crippen molar-refractivity contribution in [3.63, 3.8) is 0 Å². The lowest BCUT2D eigenvalue weighted by Gasteiger charge is -2.35. The van der Waals surface area contributed by atoms with Gasteiger partial charge in [0.05, 0.1) is 0 Å². The van der Waals surface area contributed by atoms with Crippen molar-refractivity contribution < 1.29 is 4.79 Å². The van der Waals surface area contributed by atoms with Gasteiger partial charge in [0.2, 0.25) is 5.91 Å². The summed E-state index contributed by atoms with van der Waals surface area (Å²) in [6.07, 6.45) is 5.94. The highest BCUT2D eigenvalue weighted by Gasteiger charge is 2.18. The van der Waals surface area contributed by atoms with Gasteiger partial charge in [0.25, 0.3) is 0 Å². The Morgan fingerprint density at radius 3 is 2.60 bits per heavy atom. The van der Waals surface area contributed by atoms with Gasteiger partial charge in [0.15, 0.2) is 0 Å².